The summed E-state index contributed by atoms with van der Waals surface area (Å²) < 4.78 is 2.20. The first kappa shape index (κ1) is 11.4. The third-order valence-electron chi connectivity index (χ3n) is 3.69. The summed E-state index contributed by atoms with van der Waals surface area (Å²) in [5.41, 5.74) is 8.67. The molecule has 0 spiro atoms. The Morgan fingerprint density at radius 2 is 2.17 bits per heavy atom. The molecule has 94 valence electrons. The van der Waals surface area contributed by atoms with Gasteiger partial charge in [0.1, 0.15) is 11.6 Å². The molecule has 18 heavy (non-hydrogen) atoms. The first-order valence-corrected chi connectivity index (χ1v) is 6.48. The van der Waals surface area contributed by atoms with Gasteiger partial charge in [-0.15, -0.1) is 10.2 Å². The van der Waals surface area contributed by atoms with Crippen LogP contribution in [0.4, 0.5) is 0 Å². The maximum Gasteiger partial charge on any atom is 0.149 e. The van der Waals surface area contributed by atoms with E-state index in [1.807, 2.05) is 0 Å². The Labute approximate surface area is 107 Å². The monoisotopic (exact) mass is 242 g/mol. The van der Waals surface area contributed by atoms with Crippen molar-refractivity contribution in [2.75, 3.05) is 0 Å². The summed E-state index contributed by atoms with van der Waals surface area (Å²) in [5, 5.41) is 8.57. The first-order chi connectivity index (χ1) is 8.75. The molecule has 4 nitrogen and oxygen atoms in total. The smallest absolute Gasteiger partial charge is 0.149 e. The minimum atomic E-state index is 0.0527. The number of rotatable bonds is 2. The molecule has 2 N–H and O–H groups in total. The van der Waals surface area contributed by atoms with Crippen molar-refractivity contribution in [1.82, 2.24) is 14.8 Å². The molecular weight excluding hydrogens is 224 g/mol. The molecule has 1 aromatic carbocycles. The fraction of sp³-hybridized carbons (Fsp3) is 0.429. The normalized spacial score (nSPS) is 18.7. The summed E-state index contributed by atoms with van der Waals surface area (Å²) in [4.78, 5) is 0. The number of aryl methyl sites for hydroxylation is 1. The first-order valence-electron chi connectivity index (χ1n) is 6.48. The molecule has 1 aromatic heterocycles. The summed E-state index contributed by atoms with van der Waals surface area (Å²) in [6, 6.07) is 8.47. The Kier molecular flexibility index (Phi) is 2.88. The van der Waals surface area contributed by atoms with Crippen LogP contribution in [0.5, 0.6) is 0 Å². The molecule has 0 saturated carbocycles. The van der Waals surface area contributed by atoms with Gasteiger partial charge in [-0.1, -0.05) is 24.3 Å². The Hall–Kier alpha value is -1.68. The third-order valence-corrected chi connectivity index (χ3v) is 3.69. The van der Waals surface area contributed by atoms with Crippen LogP contribution >= 0.6 is 0 Å². The number of hydrogen-bond donors (Lipinski definition) is 1. The van der Waals surface area contributed by atoms with Crippen LogP contribution in [0, 0.1) is 6.92 Å². The molecule has 0 bridgehead atoms. The number of benzene rings is 1. The van der Waals surface area contributed by atoms with Gasteiger partial charge in [0.25, 0.3) is 0 Å². The maximum absolute atomic E-state index is 6.06. The number of hydrogen-bond acceptors (Lipinski definition) is 3. The maximum atomic E-state index is 6.06. The van der Waals surface area contributed by atoms with Crippen molar-refractivity contribution in [3.63, 3.8) is 0 Å². The highest BCUT2D eigenvalue weighted by Gasteiger charge is 2.22. The van der Waals surface area contributed by atoms with Gasteiger partial charge >= 0.3 is 0 Å². The van der Waals surface area contributed by atoms with E-state index in [0.29, 0.717) is 0 Å². The molecule has 0 amide bonds. The van der Waals surface area contributed by atoms with Crippen LogP contribution in [-0.2, 0) is 13.0 Å². The number of nitrogens with zero attached hydrogens (tertiary/aromatic N) is 3. The van der Waals surface area contributed by atoms with E-state index < -0.39 is 0 Å². The van der Waals surface area contributed by atoms with Gasteiger partial charge in [0.05, 0.1) is 6.04 Å². The standard InChI is InChI=1S/C14H18N4/c1-10-5-2-3-6-11(10)9-13-16-17-14-12(15)7-4-8-18(13)14/h2-3,5-6,12H,4,7-9,15H2,1H3. The summed E-state index contributed by atoms with van der Waals surface area (Å²) >= 11 is 0. The van der Waals surface area contributed by atoms with E-state index in [0.717, 1.165) is 37.5 Å². The van der Waals surface area contributed by atoms with Gasteiger partial charge in [-0.2, -0.15) is 0 Å². The Morgan fingerprint density at radius 1 is 1.33 bits per heavy atom. The Balaban J connectivity index is 1.92. The molecule has 0 saturated heterocycles. The van der Waals surface area contributed by atoms with E-state index in [1.54, 1.807) is 0 Å². The van der Waals surface area contributed by atoms with Crippen LogP contribution < -0.4 is 5.73 Å². The SMILES string of the molecule is Cc1ccccc1Cc1nnc2n1CCCC2N. The second-order valence-corrected chi connectivity index (χ2v) is 4.98. The van der Waals surface area contributed by atoms with Crippen molar-refractivity contribution in [3.05, 3.63) is 47.0 Å². The topological polar surface area (TPSA) is 56.7 Å². The van der Waals surface area contributed by atoms with Crippen molar-refractivity contribution in [1.29, 1.82) is 0 Å². The molecule has 0 aliphatic carbocycles. The van der Waals surface area contributed by atoms with Crippen molar-refractivity contribution in [2.24, 2.45) is 5.73 Å². The van der Waals surface area contributed by atoms with Crippen LogP contribution in [0.2, 0.25) is 0 Å². The van der Waals surface area contributed by atoms with Gasteiger partial charge in [0.2, 0.25) is 0 Å². The third kappa shape index (κ3) is 1.93. The molecule has 1 atom stereocenters. The lowest BCUT2D eigenvalue weighted by Gasteiger charge is -2.20. The van der Waals surface area contributed by atoms with Crippen LogP contribution in [0.3, 0.4) is 0 Å². The number of aromatic nitrogens is 3. The summed E-state index contributed by atoms with van der Waals surface area (Å²) in [7, 11) is 0. The van der Waals surface area contributed by atoms with Crippen LogP contribution in [0.15, 0.2) is 24.3 Å². The van der Waals surface area contributed by atoms with E-state index in [2.05, 4.69) is 46.0 Å². The molecule has 1 unspecified atom stereocenters. The second-order valence-electron chi connectivity index (χ2n) is 4.98. The lowest BCUT2D eigenvalue weighted by molar-refractivity contribution is 0.444. The van der Waals surface area contributed by atoms with Crippen LogP contribution in [0.1, 0.15) is 41.7 Å². The second kappa shape index (κ2) is 4.53. The van der Waals surface area contributed by atoms with Crippen molar-refractivity contribution >= 4 is 0 Å². The van der Waals surface area contributed by atoms with Crippen molar-refractivity contribution < 1.29 is 0 Å². The largest absolute Gasteiger partial charge is 0.321 e. The zero-order chi connectivity index (χ0) is 12.5. The van der Waals surface area contributed by atoms with Crippen LogP contribution in [0.25, 0.3) is 0 Å². The van der Waals surface area contributed by atoms with E-state index in [9.17, 15) is 0 Å². The average Bonchev–Trinajstić information content (AvgIpc) is 2.77. The Morgan fingerprint density at radius 3 is 3.00 bits per heavy atom. The molecule has 1 aliphatic rings. The van der Waals surface area contributed by atoms with Gasteiger partial charge in [-0.25, -0.2) is 0 Å². The predicted molar refractivity (Wildman–Crippen MR) is 70.2 cm³/mol. The summed E-state index contributed by atoms with van der Waals surface area (Å²) in [5.74, 6) is 1.99. The predicted octanol–water partition coefficient (Wildman–Crippen LogP) is 1.97. The molecule has 4 heteroatoms. The van der Waals surface area contributed by atoms with E-state index in [-0.39, 0.29) is 6.04 Å². The van der Waals surface area contributed by atoms with E-state index >= 15 is 0 Å². The zero-order valence-corrected chi connectivity index (χ0v) is 10.6. The van der Waals surface area contributed by atoms with Gasteiger partial charge in [0.15, 0.2) is 0 Å². The molecule has 0 fully saturated rings. The van der Waals surface area contributed by atoms with Crippen molar-refractivity contribution in [3.8, 4) is 0 Å². The minimum absolute atomic E-state index is 0.0527. The molecule has 0 radical (unpaired) electrons. The highest BCUT2D eigenvalue weighted by Crippen LogP contribution is 2.23. The van der Waals surface area contributed by atoms with E-state index in [1.165, 1.54) is 11.1 Å². The average molecular weight is 242 g/mol. The van der Waals surface area contributed by atoms with Gasteiger partial charge in [0, 0.05) is 13.0 Å². The molecule has 2 aromatic rings. The fourth-order valence-corrected chi connectivity index (χ4v) is 2.58. The quantitative estimate of drug-likeness (QED) is 0.876. The van der Waals surface area contributed by atoms with Crippen LogP contribution in [-0.4, -0.2) is 14.8 Å². The molecular formula is C14H18N4. The van der Waals surface area contributed by atoms with Gasteiger partial charge in [-0.3, -0.25) is 0 Å². The zero-order valence-electron chi connectivity index (χ0n) is 10.6. The molecule has 1 aliphatic heterocycles. The minimum Gasteiger partial charge on any atom is -0.321 e. The number of fused-ring (bicyclic) bond motifs is 1. The number of nitrogens with two attached hydrogens (primary N) is 1. The molecule has 3 rings (SSSR count). The highest BCUT2D eigenvalue weighted by molar-refractivity contribution is 5.28. The lowest BCUT2D eigenvalue weighted by atomic mass is 10.0. The van der Waals surface area contributed by atoms with Gasteiger partial charge in [-0.05, 0) is 30.9 Å². The van der Waals surface area contributed by atoms with Crippen molar-refractivity contribution in [2.45, 2.75) is 38.8 Å². The fourth-order valence-electron chi connectivity index (χ4n) is 2.58. The van der Waals surface area contributed by atoms with E-state index in [4.69, 9.17) is 5.73 Å². The summed E-state index contributed by atoms with van der Waals surface area (Å²) in [6.45, 7) is 3.13. The lowest BCUT2D eigenvalue weighted by Crippen LogP contribution is -2.23. The van der Waals surface area contributed by atoms with Gasteiger partial charge < -0.3 is 10.3 Å². The Bertz CT molecular complexity index is 559. The highest BCUT2D eigenvalue weighted by atomic mass is 15.3. The summed E-state index contributed by atoms with van der Waals surface area (Å²) in [6.07, 6.45) is 2.97. The molecule has 2 heterocycles.